The topological polar surface area (TPSA) is 36.3 Å². The van der Waals surface area contributed by atoms with Crippen molar-refractivity contribution in [3.05, 3.63) is 53.1 Å². The van der Waals surface area contributed by atoms with Gasteiger partial charge in [0.2, 0.25) is 0 Å². The number of rotatable bonds is 2. The molecule has 0 amide bonds. The molecule has 1 aromatic carbocycles. The third kappa shape index (κ3) is 2.31. The van der Waals surface area contributed by atoms with Crippen molar-refractivity contribution in [3.63, 3.8) is 0 Å². The van der Waals surface area contributed by atoms with E-state index in [0.29, 0.717) is 13.2 Å². The fourth-order valence-corrected chi connectivity index (χ4v) is 3.37. The largest absolute Gasteiger partial charge is 0.349 e. The van der Waals surface area contributed by atoms with Crippen LogP contribution in [0.5, 0.6) is 0 Å². The number of halogens is 1. The number of hydrogen-bond acceptors (Lipinski definition) is 3. The lowest BCUT2D eigenvalue weighted by Gasteiger charge is -2.37. The summed E-state index contributed by atoms with van der Waals surface area (Å²) in [6, 6.07) is 6.38. The van der Waals surface area contributed by atoms with Gasteiger partial charge in [0.05, 0.1) is 30.8 Å². The number of nitrogens with zero attached hydrogens (tertiary/aromatic N) is 2. The molecule has 1 atom stereocenters. The summed E-state index contributed by atoms with van der Waals surface area (Å²) in [5.41, 5.74) is 4.08. The van der Waals surface area contributed by atoms with Crippen LogP contribution in [0, 0.1) is 11.2 Å². The van der Waals surface area contributed by atoms with Crippen molar-refractivity contribution in [3.8, 4) is 5.69 Å². The van der Waals surface area contributed by atoms with Crippen LogP contribution in [-0.4, -0.2) is 29.3 Å². The molecule has 1 aliphatic carbocycles. The summed E-state index contributed by atoms with van der Waals surface area (Å²) in [5, 5.41) is 4.49. The number of benzene rings is 1. The van der Waals surface area contributed by atoms with Crippen molar-refractivity contribution in [1.82, 2.24) is 9.78 Å². The number of hydrogen-bond donors (Lipinski definition) is 0. The minimum Gasteiger partial charge on any atom is -0.349 e. The second-order valence-electron chi connectivity index (χ2n) is 6.44. The monoisotopic (exact) mass is 314 g/mol. The Morgan fingerprint density at radius 1 is 1.22 bits per heavy atom. The van der Waals surface area contributed by atoms with Crippen molar-refractivity contribution in [2.75, 3.05) is 13.2 Å². The summed E-state index contributed by atoms with van der Waals surface area (Å²) in [7, 11) is 0. The molecular weight excluding hydrogens is 295 g/mol. The first kappa shape index (κ1) is 14.6. The van der Waals surface area contributed by atoms with Gasteiger partial charge in [-0.1, -0.05) is 12.5 Å². The van der Waals surface area contributed by atoms with Crippen LogP contribution in [0.1, 0.15) is 25.1 Å². The van der Waals surface area contributed by atoms with Crippen molar-refractivity contribution < 1.29 is 13.9 Å². The molecule has 0 radical (unpaired) electrons. The Hall–Kier alpha value is -1.98. The Bertz CT molecular complexity index is 760. The van der Waals surface area contributed by atoms with Gasteiger partial charge < -0.3 is 9.47 Å². The van der Waals surface area contributed by atoms with Gasteiger partial charge in [-0.05, 0) is 49.2 Å². The SMILES string of the molecule is CC1=Cc2c(cnn2-c2ccc(F)cc2)CC1(C)C1OCCO1. The van der Waals surface area contributed by atoms with Crippen LogP contribution in [0.4, 0.5) is 4.39 Å². The fraction of sp³-hybridized carbons (Fsp3) is 0.389. The van der Waals surface area contributed by atoms with E-state index in [2.05, 4.69) is 25.0 Å². The highest BCUT2D eigenvalue weighted by Crippen LogP contribution is 2.43. The second-order valence-corrected chi connectivity index (χ2v) is 6.44. The molecule has 1 saturated heterocycles. The Morgan fingerprint density at radius 3 is 2.61 bits per heavy atom. The molecule has 0 N–H and O–H groups in total. The summed E-state index contributed by atoms with van der Waals surface area (Å²) < 4.78 is 26.5. The molecule has 4 nitrogen and oxygen atoms in total. The molecule has 1 aromatic heterocycles. The van der Waals surface area contributed by atoms with Gasteiger partial charge in [0.25, 0.3) is 0 Å². The average molecular weight is 314 g/mol. The molecule has 1 unspecified atom stereocenters. The Morgan fingerprint density at radius 2 is 1.91 bits per heavy atom. The van der Waals surface area contributed by atoms with Gasteiger partial charge in [0.15, 0.2) is 6.29 Å². The minimum absolute atomic E-state index is 0.180. The highest BCUT2D eigenvalue weighted by Gasteiger charge is 2.43. The third-order valence-electron chi connectivity index (χ3n) is 4.91. The summed E-state index contributed by atoms with van der Waals surface area (Å²) >= 11 is 0. The minimum atomic E-state index is -0.246. The van der Waals surface area contributed by atoms with Crippen LogP contribution >= 0.6 is 0 Å². The Balaban J connectivity index is 1.73. The zero-order chi connectivity index (χ0) is 16.0. The van der Waals surface area contributed by atoms with E-state index in [1.165, 1.54) is 17.7 Å². The fourth-order valence-electron chi connectivity index (χ4n) is 3.37. The van der Waals surface area contributed by atoms with Crippen molar-refractivity contribution in [2.24, 2.45) is 5.41 Å². The van der Waals surface area contributed by atoms with Crippen molar-refractivity contribution in [1.29, 1.82) is 0 Å². The smallest absolute Gasteiger partial charge is 0.167 e. The molecule has 1 aliphatic heterocycles. The van der Waals surface area contributed by atoms with Gasteiger partial charge in [-0.25, -0.2) is 9.07 Å². The van der Waals surface area contributed by atoms with E-state index in [4.69, 9.17) is 9.47 Å². The summed E-state index contributed by atoms with van der Waals surface area (Å²) in [5.74, 6) is -0.246. The molecule has 1 fully saturated rings. The molecule has 2 heterocycles. The first-order chi connectivity index (χ1) is 11.1. The normalized spacial score (nSPS) is 24.6. The summed E-state index contributed by atoms with van der Waals surface area (Å²) in [6.07, 6.45) is 4.63. The molecule has 5 heteroatoms. The van der Waals surface area contributed by atoms with Crippen molar-refractivity contribution >= 4 is 6.08 Å². The van der Waals surface area contributed by atoms with E-state index >= 15 is 0 Å². The van der Waals surface area contributed by atoms with Crippen LogP contribution in [0.2, 0.25) is 0 Å². The molecule has 2 aromatic rings. The maximum Gasteiger partial charge on any atom is 0.167 e. The van der Waals surface area contributed by atoms with E-state index in [-0.39, 0.29) is 17.5 Å². The Labute approximate surface area is 134 Å². The molecule has 0 saturated carbocycles. The van der Waals surface area contributed by atoms with Gasteiger partial charge >= 0.3 is 0 Å². The molecule has 4 rings (SSSR count). The van der Waals surface area contributed by atoms with Crippen LogP contribution < -0.4 is 0 Å². The summed E-state index contributed by atoms with van der Waals surface area (Å²) in [6.45, 7) is 5.58. The predicted molar refractivity (Wildman–Crippen MR) is 84.7 cm³/mol. The van der Waals surface area contributed by atoms with Crippen LogP contribution in [-0.2, 0) is 15.9 Å². The van der Waals surface area contributed by atoms with Crippen LogP contribution in [0.3, 0.4) is 0 Å². The molecule has 0 bridgehead atoms. The molecule has 0 spiro atoms. The number of fused-ring (bicyclic) bond motifs is 1. The van der Waals surface area contributed by atoms with Crippen LogP contribution in [0.15, 0.2) is 36.0 Å². The van der Waals surface area contributed by atoms with E-state index in [1.54, 1.807) is 12.1 Å². The lowest BCUT2D eigenvalue weighted by Crippen LogP contribution is -2.38. The van der Waals surface area contributed by atoms with Crippen LogP contribution in [0.25, 0.3) is 11.8 Å². The van der Waals surface area contributed by atoms with Gasteiger partial charge in [-0.2, -0.15) is 5.10 Å². The Kier molecular flexibility index (Phi) is 3.36. The number of aromatic nitrogens is 2. The molecule has 120 valence electrons. The quantitative estimate of drug-likeness (QED) is 0.853. The predicted octanol–water partition coefficient (Wildman–Crippen LogP) is 3.35. The van der Waals surface area contributed by atoms with Gasteiger partial charge in [0, 0.05) is 5.41 Å². The molecule has 23 heavy (non-hydrogen) atoms. The highest BCUT2D eigenvalue weighted by atomic mass is 19.1. The molecule has 2 aliphatic rings. The third-order valence-corrected chi connectivity index (χ3v) is 4.91. The zero-order valence-corrected chi connectivity index (χ0v) is 13.3. The first-order valence-corrected chi connectivity index (χ1v) is 7.83. The molecular formula is C18H19FN2O2. The van der Waals surface area contributed by atoms with E-state index < -0.39 is 0 Å². The summed E-state index contributed by atoms with van der Waals surface area (Å²) in [4.78, 5) is 0. The zero-order valence-electron chi connectivity index (χ0n) is 13.3. The average Bonchev–Trinajstić information content (AvgIpc) is 3.19. The lowest BCUT2D eigenvalue weighted by atomic mass is 9.73. The standard InChI is InChI=1S/C18H19FN2O2/c1-12-9-16-13(10-18(12,2)17-22-7-8-23-17)11-20-21(16)15-5-3-14(19)4-6-15/h3-6,9,11,17H,7-8,10H2,1-2H3. The number of ether oxygens (including phenoxy) is 2. The van der Waals surface area contributed by atoms with Gasteiger partial charge in [-0.3, -0.25) is 0 Å². The maximum absolute atomic E-state index is 13.1. The maximum atomic E-state index is 13.1. The van der Waals surface area contributed by atoms with Crippen molar-refractivity contribution in [2.45, 2.75) is 26.6 Å². The van der Waals surface area contributed by atoms with E-state index in [9.17, 15) is 4.39 Å². The van der Waals surface area contributed by atoms with E-state index in [1.807, 2.05) is 10.9 Å². The lowest BCUT2D eigenvalue weighted by molar-refractivity contribution is -0.111. The second kappa shape index (κ2) is 5.28. The first-order valence-electron chi connectivity index (χ1n) is 7.83. The van der Waals surface area contributed by atoms with E-state index in [0.717, 1.165) is 23.4 Å². The van der Waals surface area contributed by atoms with Gasteiger partial charge in [-0.15, -0.1) is 0 Å². The highest BCUT2D eigenvalue weighted by molar-refractivity contribution is 5.60. The van der Waals surface area contributed by atoms with Gasteiger partial charge in [0.1, 0.15) is 5.82 Å².